The molecule has 5 heteroatoms. The van der Waals surface area contributed by atoms with Gasteiger partial charge in [-0.3, -0.25) is 4.57 Å². The highest BCUT2D eigenvalue weighted by molar-refractivity contribution is 7.99. The van der Waals surface area contributed by atoms with E-state index in [2.05, 4.69) is 35.3 Å². The summed E-state index contributed by atoms with van der Waals surface area (Å²) in [6.45, 7) is 2.05. The number of nitriles is 1. The minimum atomic E-state index is 0.346. The van der Waals surface area contributed by atoms with E-state index in [0.717, 1.165) is 22.2 Å². The van der Waals surface area contributed by atoms with Gasteiger partial charge in [-0.1, -0.05) is 54.2 Å². The molecule has 3 rings (SSSR count). The number of benzene rings is 2. The van der Waals surface area contributed by atoms with Crippen LogP contribution in [0.25, 0.3) is 17.1 Å². The summed E-state index contributed by atoms with van der Waals surface area (Å²) in [5.41, 5.74) is 3.17. The van der Waals surface area contributed by atoms with E-state index in [1.165, 1.54) is 17.3 Å². The quantitative estimate of drug-likeness (QED) is 0.687. The van der Waals surface area contributed by atoms with Crippen LogP contribution in [0.3, 0.4) is 0 Å². The van der Waals surface area contributed by atoms with Crippen molar-refractivity contribution >= 4 is 11.8 Å². The molecule has 0 fully saturated rings. The molecule has 0 bridgehead atoms. The molecule has 0 atom stereocenters. The van der Waals surface area contributed by atoms with Gasteiger partial charge in [0.05, 0.1) is 11.8 Å². The Hall–Kier alpha value is -2.58. The molecule has 108 valence electrons. The van der Waals surface area contributed by atoms with Gasteiger partial charge in [0.15, 0.2) is 11.0 Å². The van der Waals surface area contributed by atoms with Gasteiger partial charge in [0.1, 0.15) is 0 Å². The molecule has 0 aliphatic heterocycles. The summed E-state index contributed by atoms with van der Waals surface area (Å²) in [5, 5.41) is 18.1. The molecule has 0 aliphatic rings. The predicted molar refractivity (Wildman–Crippen MR) is 87.9 cm³/mol. The van der Waals surface area contributed by atoms with E-state index in [9.17, 15) is 0 Å². The number of nitrogens with zero attached hydrogens (tertiary/aromatic N) is 4. The molecule has 4 nitrogen and oxygen atoms in total. The zero-order valence-electron chi connectivity index (χ0n) is 12.1. The molecule has 0 unspecified atom stereocenters. The Bertz CT molecular complexity index is 818. The number of aryl methyl sites for hydroxylation is 1. The van der Waals surface area contributed by atoms with E-state index < -0.39 is 0 Å². The van der Waals surface area contributed by atoms with E-state index in [4.69, 9.17) is 5.26 Å². The SMILES string of the molecule is Cc1cccc(-n2c(SCC#N)nnc2-c2ccccc2)c1. The van der Waals surface area contributed by atoms with Crippen LogP contribution in [0.1, 0.15) is 5.56 Å². The lowest BCUT2D eigenvalue weighted by molar-refractivity contribution is 0.887. The first-order valence-electron chi connectivity index (χ1n) is 6.87. The third-order valence-corrected chi connectivity index (χ3v) is 3.99. The first kappa shape index (κ1) is 14.4. The highest BCUT2D eigenvalue weighted by Gasteiger charge is 2.15. The normalized spacial score (nSPS) is 10.4. The first-order valence-corrected chi connectivity index (χ1v) is 7.86. The molecule has 1 aromatic heterocycles. The summed E-state index contributed by atoms with van der Waals surface area (Å²) in [7, 11) is 0. The molecule has 3 aromatic rings. The van der Waals surface area contributed by atoms with Gasteiger partial charge < -0.3 is 0 Å². The molecule has 22 heavy (non-hydrogen) atoms. The Balaban J connectivity index is 2.16. The van der Waals surface area contributed by atoms with Crippen LogP contribution in [0.2, 0.25) is 0 Å². The summed E-state index contributed by atoms with van der Waals surface area (Å²) >= 11 is 1.39. The first-order chi connectivity index (χ1) is 10.8. The lowest BCUT2D eigenvalue weighted by atomic mass is 10.2. The van der Waals surface area contributed by atoms with Crippen LogP contribution in [-0.2, 0) is 0 Å². The van der Waals surface area contributed by atoms with E-state index >= 15 is 0 Å². The maximum Gasteiger partial charge on any atom is 0.197 e. The van der Waals surface area contributed by atoms with Crippen molar-refractivity contribution in [1.82, 2.24) is 14.8 Å². The van der Waals surface area contributed by atoms with Gasteiger partial charge in [-0.2, -0.15) is 5.26 Å². The van der Waals surface area contributed by atoms with Gasteiger partial charge in [-0.05, 0) is 24.6 Å². The fourth-order valence-electron chi connectivity index (χ4n) is 2.23. The predicted octanol–water partition coefficient (Wildman–Crippen LogP) is 3.86. The number of aromatic nitrogens is 3. The van der Waals surface area contributed by atoms with Gasteiger partial charge in [0.25, 0.3) is 0 Å². The standard InChI is InChI=1S/C17H14N4S/c1-13-6-5-9-15(12-13)21-16(14-7-3-2-4-8-14)19-20-17(21)22-11-10-18/h2-9,12H,11H2,1H3. The largest absolute Gasteiger partial charge is 0.270 e. The van der Waals surface area contributed by atoms with Gasteiger partial charge in [0.2, 0.25) is 0 Å². The Labute approximate surface area is 133 Å². The van der Waals surface area contributed by atoms with E-state index in [1.54, 1.807) is 0 Å². The van der Waals surface area contributed by atoms with Gasteiger partial charge in [-0.25, -0.2) is 0 Å². The Morgan fingerprint density at radius 3 is 2.64 bits per heavy atom. The van der Waals surface area contributed by atoms with Crippen LogP contribution in [0.15, 0.2) is 59.8 Å². The molecule has 2 aromatic carbocycles. The lowest BCUT2D eigenvalue weighted by Gasteiger charge is -2.10. The molecule has 0 amide bonds. The van der Waals surface area contributed by atoms with Crippen molar-refractivity contribution < 1.29 is 0 Å². The summed E-state index contributed by atoms with van der Waals surface area (Å²) in [4.78, 5) is 0. The monoisotopic (exact) mass is 306 g/mol. The van der Waals surface area contributed by atoms with E-state index in [1.807, 2.05) is 47.0 Å². The summed E-state index contributed by atoms with van der Waals surface area (Å²) in [6, 6.07) is 20.3. The summed E-state index contributed by atoms with van der Waals surface area (Å²) < 4.78 is 2.00. The van der Waals surface area contributed by atoms with Crippen molar-refractivity contribution in [3.8, 4) is 23.1 Å². The molecule has 0 saturated carbocycles. The highest BCUT2D eigenvalue weighted by Crippen LogP contribution is 2.27. The molecular formula is C17H14N4S. The summed E-state index contributed by atoms with van der Waals surface area (Å²) in [6.07, 6.45) is 0. The van der Waals surface area contributed by atoms with Crippen LogP contribution < -0.4 is 0 Å². The van der Waals surface area contributed by atoms with Crippen LogP contribution in [0, 0.1) is 18.3 Å². The maximum absolute atomic E-state index is 8.83. The molecule has 0 N–H and O–H groups in total. The van der Waals surface area contributed by atoms with Crippen molar-refractivity contribution in [2.45, 2.75) is 12.1 Å². The second kappa shape index (κ2) is 6.46. The summed E-state index contributed by atoms with van der Waals surface area (Å²) in [5.74, 6) is 1.13. The van der Waals surface area contributed by atoms with Gasteiger partial charge in [0, 0.05) is 11.3 Å². The Morgan fingerprint density at radius 1 is 1.09 bits per heavy atom. The topological polar surface area (TPSA) is 54.5 Å². The highest BCUT2D eigenvalue weighted by atomic mass is 32.2. The van der Waals surface area contributed by atoms with Crippen molar-refractivity contribution in [2.24, 2.45) is 0 Å². The second-order valence-electron chi connectivity index (χ2n) is 4.79. The minimum absolute atomic E-state index is 0.346. The fraction of sp³-hybridized carbons (Fsp3) is 0.118. The Kier molecular flexibility index (Phi) is 4.22. The van der Waals surface area contributed by atoms with Gasteiger partial charge >= 0.3 is 0 Å². The molecule has 0 saturated heterocycles. The van der Waals surface area contributed by atoms with E-state index in [-0.39, 0.29) is 0 Å². The zero-order valence-corrected chi connectivity index (χ0v) is 12.9. The number of hydrogen-bond acceptors (Lipinski definition) is 4. The molecule has 0 radical (unpaired) electrons. The lowest BCUT2D eigenvalue weighted by Crippen LogP contribution is -2.00. The van der Waals surface area contributed by atoms with Crippen LogP contribution in [0.5, 0.6) is 0 Å². The average molecular weight is 306 g/mol. The second-order valence-corrected chi connectivity index (χ2v) is 5.74. The van der Waals surface area contributed by atoms with Crippen molar-refractivity contribution in [3.63, 3.8) is 0 Å². The number of rotatable bonds is 4. The number of hydrogen-bond donors (Lipinski definition) is 0. The van der Waals surface area contributed by atoms with E-state index in [0.29, 0.717) is 5.75 Å². The molecule has 1 heterocycles. The van der Waals surface area contributed by atoms with Crippen LogP contribution in [0.4, 0.5) is 0 Å². The minimum Gasteiger partial charge on any atom is -0.270 e. The van der Waals surface area contributed by atoms with Gasteiger partial charge in [-0.15, -0.1) is 10.2 Å². The molecule has 0 aliphatic carbocycles. The van der Waals surface area contributed by atoms with Crippen LogP contribution in [-0.4, -0.2) is 20.5 Å². The fourth-order valence-corrected chi connectivity index (χ4v) is 2.85. The smallest absolute Gasteiger partial charge is 0.197 e. The average Bonchev–Trinajstić information content (AvgIpc) is 2.97. The van der Waals surface area contributed by atoms with Crippen molar-refractivity contribution in [2.75, 3.05) is 5.75 Å². The molecular weight excluding hydrogens is 292 g/mol. The van der Waals surface area contributed by atoms with Crippen molar-refractivity contribution in [3.05, 3.63) is 60.2 Å². The number of thioether (sulfide) groups is 1. The maximum atomic E-state index is 8.83. The Morgan fingerprint density at radius 2 is 1.91 bits per heavy atom. The molecule has 0 spiro atoms. The van der Waals surface area contributed by atoms with Crippen molar-refractivity contribution in [1.29, 1.82) is 5.26 Å². The zero-order chi connectivity index (χ0) is 15.4. The third-order valence-electron chi connectivity index (χ3n) is 3.19. The van der Waals surface area contributed by atoms with Crippen LogP contribution >= 0.6 is 11.8 Å². The third kappa shape index (κ3) is 2.87.